The molecule has 82 valence electrons. The number of sulfone groups is 1. The van der Waals surface area contributed by atoms with Crippen LogP contribution >= 0.6 is 0 Å². The third-order valence-electron chi connectivity index (χ3n) is 2.27. The Kier molecular flexibility index (Phi) is 2.43. The second-order valence-electron chi connectivity index (χ2n) is 3.30. The summed E-state index contributed by atoms with van der Waals surface area (Å²) in [6, 6.07) is 0. The molecule has 1 aromatic heterocycles. The molecule has 2 rings (SSSR count). The van der Waals surface area contributed by atoms with Gasteiger partial charge in [0, 0.05) is 13.1 Å². The summed E-state index contributed by atoms with van der Waals surface area (Å²) in [5, 5.41) is 9.52. The van der Waals surface area contributed by atoms with E-state index in [9.17, 15) is 13.2 Å². The smallest absolute Gasteiger partial charge is 0.276 e. The lowest BCUT2D eigenvalue weighted by molar-refractivity contribution is 0.0764. The summed E-state index contributed by atoms with van der Waals surface area (Å²) in [5.41, 5.74) is 0.217. The van der Waals surface area contributed by atoms with Gasteiger partial charge in [0.15, 0.2) is 15.5 Å². The van der Waals surface area contributed by atoms with Crippen molar-refractivity contribution in [1.29, 1.82) is 0 Å². The minimum absolute atomic E-state index is 0.0244. The molecule has 1 amide bonds. The number of carbonyl (C=O) groups is 1. The van der Waals surface area contributed by atoms with Crippen LogP contribution in [0.5, 0.6) is 0 Å². The Hall–Kier alpha value is -1.44. The lowest BCUT2D eigenvalue weighted by Gasteiger charge is -2.25. The molecule has 0 bridgehead atoms. The number of H-pyrrole nitrogens is 1. The minimum Gasteiger partial charge on any atom is -0.335 e. The van der Waals surface area contributed by atoms with Crippen LogP contribution in [0.3, 0.4) is 0 Å². The lowest BCUT2D eigenvalue weighted by atomic mass is 10.4. The summed E-state index contributed by atoms with van der Waals surface area (Å²) in [7, 11) is -2.96. The van der Waals surface area contributed by atoms with E-state index >= 15 is 0 Å². The highest BCUT2D eigenvalue weighted by Crippen LogP contribution is 2.07. The van der Waals surface area contributed by atoms with Gasteiger partial charge in [-0.3, -0.25) is 4.79 Å². The number of carbonyl (C=O) groups excluding carboxylic acids is 1. The molecule has 0 saturated carbocycles. The van der Waals surface area contributed by atoms with Crippen LogP contribution in [0.2, 0.25) is 0 Å². The first-order valence-corrected chi connectivity index (χ1v) is 6.26. The number of aromatic amines is 1. The highest BCUT2D eigenvalue weighted by Gasteiger charge is 2.26. The topological polar surface area (TPSA) is 96.0 Å². The quantitative estimate of drug-likeness (QED) is 0.645. The van der Waals surface area contributed by atoms with E-state index in [1.54, 1.807) is 0 Å². The zero-order valence-electron chi connectivity index (χ0n) is 7.88. The maximum atomic E-state index is 11.7. The molecule has 0 aromatic carbocycles. The van der Waals surface area contributed by atoms with Crippen molar-refractivity contribution in [2.45, 2.75) is 0 Å². The second kappa shape index (κ2) is 3.61. The number of nitrogens with one attached hydrogen (secondary N) is 1. The predicted octanol–water partition coefficient (Wildman–Crippen LogP) is -1.32. The fourth-order valence-corrected chi connectivity index (χ4v) is 2.58. The van der Waals surface area contributed by atoms with E-state index < -0.39 is 9.84 Å². The monoisotopic (exact) mass is 230 g/mol. The maximum absolute atomic E-state index is 11.7. The highest BCUT2D eigenvalue weighted by atomic mass is 32.2. The van der Waals surface area contributed by atoms with Gasteiger partial charge in [0.05, 0.1) is 17.7 Å². The number of hydrogen-bond acceptors (Lipinski definition) is 5. The normalized spacial score (nSPS) is 20.1. The molecule has 1 aromatic rings. The zero-order valence-corrected chi connectivity index (χ0v) is 8.70. The zero-order chi connectivity index (χ0) is 10.9. The SMILES string of the molecule is O=C(c1cn[nH]n1)N1CCS(=O)(=O)CC1. The van der Waals surface area contributed by atoms with Gasteiger partial charge in [-0.05, 0) is 0 Å². The van der Waals surface area contributed by atoms with Crippen molar-refractivity contribution in [3.63, 3.8) is 0 Å². The van der Waals surface area contributed by atoms with Crippen molar-refractivity contribution in [1.82, 2.24) is 20.3 Å². The maximum Gasteiger partial charge on any atom is 0.276 e. The van der Waals surface area contributed by atoms with Gasteiger partial charge in [-0.25, -0.2) is 8.42 Å². The molecular formula is C7H10N4O3S. The Bertz CT molecular complexity index is 439. The second-order valence-corrected chi connectivity index (χ2v) is 5.60. The van der Waals surface area contributed by atoms with E-state index in [1.165, 1.54) is 11.1 Å². The lowest BCUT2D eigenvalue weighted by Crippen LogP contribution is -2.43. The molecule has 0 unspecified atom stereocenters. The first-order valence-electron chi connectivity index (χ1n) is 4.44. The molecule has 0 spiro atoms. The van der Waals surface area contributed by atoms with Gasteiger partial charge >= 0.3 is 0 Å². The summed E-state index contributed by atoms with van der Waals surface area (Å²) in [5.74, 6) is -0.230. The molecule has 2 heterocycles. The highest BCUT2D eigenvalue weighted by molar-refractivity contribution is 7.91. The fourth-order valence-electron chi connectivity index (χ4n) is 1.38. The van der Waals surface area contributed by atoms with Crippen LogP contribution < -0.4 is 0 Å². The summed E-state index contributed by atoms with van der Waals surface area (Å²) >= 11 is 0. The summed E-state index contributed by atoms with van der Waals surface area (Å²) < 4.78 is 22.3. The Labute approximate surface area is 86.4 Å². The summed E-state index contributed by atoms with van der Waals surface area (Å²) in [6.07, 6.45) is 1.32. The van der Waals surface area contributed by atoms with Crippen LogP contribution in [-0.2, 0) is 9.84 Å². The molecule has 8 heteroatoms. The molecule has 15 heavy (non-hydrogen) atoms. The third-order valence-corrected chi connectivity index (χ3v) is 3.87. The number of nitrogens with zero attached hydrogens (tertiary/aromatic N) is 3. The third kappa shape index (κ3) is 2.14. The first kappa shape index (κ1) is 10.1. The van der Waals surface area contributed by atoms with Crippen LogP contribution in [0.25, 0.3) is 0 Å². The Morgan fingerprint density at radius 2 is 2.07 bits per heavy atom. The van der Waals surface area contributed by atoms with Crippen LogP contribution in [0.1, 0.15) is 10.5 Å². The van der Waals surface area contributed by atoms with Gasteiger partial charge in [-0.2, -0.15) is 15.4 Å². The van der Waals surface area contributed by atoms with Gasteiger partial charge in [-0.1, -0.05) is 0 Å². The standard InChI is InChI=1S/C7H10N4O3S/c12-7(6-5-8-10-9-6)11-1-3-15(13,14)4-2-11/h5H,1-4H2,(H,8,9,10). The average Bonchev–Trinajstić information content (AvgIpc) is 2.69. The number of amides is 1. The number of rotatable bonds is 1. The van der Waals surface area contributed by atoms with E-state index in [2.05, 4.69) is 15.4 Å². The number of aromatic nitrogens is 3. The van der Waals surface area contributed by atoms with Gasteiger partial charge in [0.2, 0.25) is 0 Å². The van der Waals surface area contributed by atoms with E-state index in [-0.39, 0.29) is 36.2 Å². The van der Waals surface area contributed by atoms with Crippen LogP contribution in [-0.4, -0.2) is 59.2 Å². The van der Waals surface area contributed by atoms with Gasteiger partial charge in [0.25, 0.3) is 5.91 Å². The van der Waals surface area contributed by atoms with Crippen molar-refractivity contribution < 1.29 is 13.2 Å². The summed E-state index contributed by atoms with van der Waals surface area (Å²) in [6.45, 7) is 0.460. The van der Waals surface area contributed by atoms with Gasteiger partial charge in [0.1, 0.15) is 0 Å². The van der Waals surface area contributed by atoms with Crippen molar-refractivity contribution >= 4 is 15.7 Å². The molecule has 1 aliphatic rings. The minimum atomic E-state index is -2.96. The van der Waals surface area contributed by atoms with Crippen molar-refractivity contribution in [2.75, 3.05) is 24.6 Å². The average molecular weight is 230 g/mol. The molecule has 0 aliphatic carbocycles. The van der Waals surface area contributed by atoms with Crippen molar-refractivity contribution in [2.24, 2.45) is 0 Å². The van der Waals surface area contributed by atoms with E-state index in [0.717, 1.165) is 0 Å². The van der Waals surface area contributed by atoms with Crippen LogP contribution in [0.4, 0.5) is 0 Å². The van der Waals surface area contributed by atoms with E-state index in [0.29, 0.717) is 0 Å². The summed E-state index contributed by atoms with van der Waals surface area (Å²) in [4.78, 5) is 13.2. The molecule has 0 radical (unpaired) electrons. The Morgan fingerprint density at radius 1 is 1.40 bits per heavy atom. The van der Waals surface area contributed by atoms with Crippen LogP contribution in [0, 0.1) is 0 Å². The molecule has 0 atom stereocenters. The molecule has 1 fully saturated rings. The van der Waals surface area contributed by atoms with Crippen molar-refractivity contribution in [3.8, 4) is 0 Å². The Balaban J connectivity index is 2.06. The van der Waals surface area contributed by atoms with Crippen molar-refractivity contribution in [3.05, 3.63) is 11.9 Å². The Morgan fingerprint density at radius 3 is 2.60 bits per heavy atom. The van der Waals surface area contributed by atoms with E-state index in [4.69, 9.17) is 0 Å². The largest absolute Gasteiger partial charge is 0.335 e. The molecule has 1 aliphatic heterocycles. The molecular weight excluding hydrogens is 220 g/mol. The molecule has 1 N–H and O–H groups in total. The van der Waals surface area contributed by atoms with Crippen LogP contribution in [0.15, 0.2) is 6.20 Å². The number of hydrogen-bond donors (Lipinski definition) is 1. The van der Waals surface area contributed by atoms with Gasteiger partial charge in [-0.15, -0.1) is 0 Å². The molecule has 1 saturated heterocycles. The van der Waals surface area contributed by atoms with E-state index in [1.807, 2.05) is 0 Å². The predicted molar refractivity (Wildman–Crippen MR) is 50.9 cm³/mol. The first-order chi connectivity index (χ1) is 7.08. The molecule has 7 nitrogen and oxygen atoms in total. The fraction of sp³-hybridized carbons (Fsp3) is 0.571. The van der Waals surface area contributed by atoms with Gasteiger partial charge < -0.3 is 4.90 Å².